The van der Waals surface area contributed by atoms with Crippen LogP contribution in [0.1, 0.15) is 36.2 Å². The van der Waals surface area contributed by atoms with Gasteiger partial charge in [0.25, 0.3) is 5.09 Å². The van der Waals surface area contributed by atoms with Crippen LogP contribution in [-0.2, 0) is 14.4 Å². The highest BCUT2D eigenvalue weighted by Crippen LogP contribution is 2.22. The van der Waals surface area contributed by atoms with Crippen molar-refractivity contribution in [3.63, 3.8) is 0 Å². The zero-order valence-electron chi connectivity index (χ0n) is 15.9. The lowest BCUT2D eigenvalue weighted by Crippen LogP contribution is -2.40. The van der Waals surface area contributed by atoms with Crippen molar-refractivity contribution in [2.24, 2.45) is 0 Å². The molecule has 0 aliphatic rings. The lowest BCUT2D eigenvalue weighted by Gasteiger charge is -2.24. The van der Waals surface area contributed by atoms with E-state index in [4.69, 9.17) is 21.1 Å². The quantitative estimate of drug-likeness (QED) is 0.188. The summed E-state index contributed by atoms with van der Waals surface area (Å²) in [5, 5.41) is 9.69. The number of rotatable bonds is 10. The molecule has 0 fully saturated rings. The first-order chi connectivity index (χ1) is 13.7. The number of carbonyl (C=O) groups excluding carboxylic acids is 2. The second-order valence-electron chi connectivity index (χ2n) is 6.52. The first-order valence-corrected chi connectivity index (χ1v) is 9.11. The van der Waals surface area contributed by atoms with Crippen molar-refractivity contribution < 1.29 is 29.0 Å². The Balaban J connectivity index is 1.91. The molecular formula is C20H20ClNO7. The van der Waals surface area contributed by atoms with Gasteiger partial charge in [0.1, 0.15) is 5.75 Å². The van der Waals surface area contributed by atoms with Crippen LogP contribution in [0.4, 0.5) is 0 Å². The summed E-state index contributed by atoms with van der Waals surface area (Å²) in [4.78, 5) is 38.8. The summed E-state index contributed by atoms with van der Waals surface area (Å²) in [6.45, 7) is 2.88. The number of carbonyl (C=O) groups is 2. The Labute approximate surface area is 172 Å². The van der Waals surface area contributed by atoms with Gasteiger partial charge in [-0.05, 0) is 62.4 Å². The Hall–Kier alpha value is -3.13. The maximum atomic E-state index is 12.5. The molecule has 0 N–H and O–H groups in total. The number of esters is 1. The van der Waals surface area contributed by atoms with Gasteiger partial charge in [0.2, 0.25) is 0 Å². The predicted molar refractivity (Wildman–Crippen MR) is 105 cm³/mol. The van der Waals surface area contributed by atoms with Gasteiger partial charge in [-0.25, -0.2) is 4.79 Å². The highest BCUT2D eigenvalue weighted by atomic mass is 35.5. The topological polar surface area (TPSA) is 105 Å². The zero-order chi connectivity index (χ0) is 21.4. The molecule has 2 rings (SSSR count). The lowest BCUT2D eigenvalue weighted by molar-refractivity contribution is -0.757. The van der Waals surface area contributed by atoms with Gasteiger partial charge < -0.3 is 14.3 Å². The fourth-order valence-electron chi connectivity index (χ4n) is 2.32. The second kappa shape index (κ2) is 9.88. The molecule has 2 aromatic carbocycles. The average Bonchev–Trinajstić information content (AvgIpc) is 2.67. The Morgan fingerprint density at radius 1 is 1.00 bits per heavy atom. The second-order valence-corrected chi connectivity index (χ2v) is 6.96. The fourth-order valence-corrected chi connectivity index (χ4v) is 2.44. The van der Waals surface area contributed by atoms with Gasteiger partial charge >= 0.3 is 5.97 Å². The van der Waals surface area contributed by atoms with Gasteiger partial charge in [-0.1, -0.05) is 11.6 Å². The number of ketones is 1. The number of benzene rings is 2. The van der Waals surface area contributed by atoms with Gasteiger partial charge in [-0.15, -0.1) is 10.1 Å². The zero-order valence-corrected chi connectivity index (χ0v) is 16.7. The van der Waals surface area contributed by atoms with E-state index < -0.39 is 16.7 Å². The number of hydrogen-bond donors (Lipinski definition) is 0. The summed E-state index contributed by atoms with van der Waals surface area (Å²) in [6.07, 6.45) is 0.185. The maximum Gasteiger partial charge on any atom is 0.349 e. The Morgan fingerprint density at radius 3 is 2.10 bits per heavy atom. The Morgan fingerprint density at radius 2 is 1.55 bits per heavy atom. The van der Waals surface area contributed by atoms with Crippen LogP contribution in [0.2, 0.25) is 5.02 Å². The molecule has 8 nitrogen and oxygen atoms in total. The van der Waals surface area contributed by atoms with E-state index in [1.807, 2.05) is 0 Å². The monoisotopic (exact) mass is 421 g/mol. The number of hydrogen-bond acceptors (Lipinski definition) is 7. The highest BCUT2D eigenvalue weighted by Gasteiger charge is 2.31. The van der Waals surface area contributed by atoms with Gasteiger partial charge in [0, 0.05) is 22.6 Å². The van der Waals surface area contributed by atoms with Crippen molar-refractivity contribution in [2.45, 2.75) is 25.9 Å². The van der Waals surface area contributed by atoms with Crippen molar-refractivity contribution in [3.8, 4) is 5.75 Å². The number of halogens is 1. The molecule has 0 aliphatic carbocycles. The Bertz CT molecular complexity index is 863. The summed E-state index contributed by atoms with van der Waals surface area (Å²) in [6, 6.07) is 12.9. The Kier molecular flexibility index (Phi) is 7.55. The van der Waals surface area contributed by atoms with Crippen LogP contribution in [0.25, 0.3) is 0 Å². The summed E-state index contributed by atoms with van der Waals surface area (Å²) >= 11 is 5.83. The van der Waals surface area contributed by atoms with Crippen LogP contribution in [0.15, 0.2) is 48.5 Å². The predicted octanol–water partition coefficient (Wildman–Crippen LogP) is 3.87. The van der Waals surface area contributed by atoms with E-state index in [-0.39, 0.29) is 25.4 Å². The molecule has 2 aromatic rings. The fraction of sp³-hybridized carbons (Fsp3) is 0.300. The smallest absolute Gasteiger partial charge is 0.349 e. The third-order valence-corrected chi connectivity index (χ3v) is 4.06. The molecular weight excluding hydrogens is 402 g/mol. The summed E-state index contributed by atoms with van der Waals surface area (Å²) in [5.74, 6) is -0.403. The van der Waals surface area contributed by atoms with Gasteiger partial charge in [0.15, 0.2) is 11.4 Å². The van der Waals surface area contributed by atoms with Crippen LogP contribution >= 0.6 is 11.6 Å². The van der Waals surface area contributed by atoms with Gasteiger partial charge in [0.05, 0.1) is 13.2 Å². The molecule has 0 saturated heterocycles. The molecule has 0 spiro atoms. The third kappa shape index (κ3) is 6.76. The molecule has 0 radical (unpaired) electrons. The van der Waals surface area contributed by atoms with E-state index in [9.17, 15) is 19.7 Å². The number of ether oxygens (including phenoxy) is 2. The van der Waals surface area contributed by atoms with Crippen LogP contribution in [0, 0.1) is 10.1 Å². The third-order valence-electron chi connectivity index (χ3n) is 3.81. The SMILES string of the molecule is CC(C)(Oc1ccc(C(=O)c2ccc(Cl)cc2)cc1)C(=O)OCCCO[N+](=O)[O-]. The molecule has 0 atom stereocenters. The molecule has 154 valence electrons. The van der Waals surface area contributed by atoms with E-state index in [1.165, 1.54) is 13.8 Å². The molecule has 0 aliphatic heterocycles. The van der Waals surface area contributed by atoms with Gasteiger partial charge in [-0.2, -0.15) is 0 Å². The average molecular weight is 422 g/mol. The minimum absolute atomic E-state index is 0.0337. The summed E-state index contributed by atoms with van der Waals surface area (Å²) in [7, 11) is 0. The summed E-state index contributed by atoms with van der Waals surface area (Å²) in [5.41, 5.74) is -0.315. The first-order valence-electron chi connectivity index (χ1n) is 8.73. The van der Waals surface area contributed by atoms with Crippen molar-refractivity contribution in [1.29, 1.82) is 0 Å². The van der Waals surface area contributed by atoms with E-state index in [0.29, 0.717) is 21.9 Å². The molecule has 0 saturated carbocycles. The molecule has 29 heavy (non-hydrogen) atoms. The molecule has 0 aromatic heterocycles. The van der Waals surface area contributed by atoms with E-state index in [1.54, 1.807) is 48.5 Å². The minimum atomic E-state index is -1.29. The van der Waals surface area contributed by atoms with Crippen molar-refractivity contribution >= 4 is 23.4 Å². The molecule has 9 heteroatoms. The van der Waals surface area contributed by atoms with E-state index >= 15 is 0 Å². The molecule has 0 bridgehead atoms. The molecule has 0 unspecified atom stereocenters. The molecule has 0 amide bonds. The molecule has 0 heterocycles. The number of nitrogens with zero attached hydrogens (tertiary/aromatic N) is 1. The summed E-state index contributed by atoms with van der Waals surface area (Å²) < 4.78 is 10.7. The van der Waals surface area contributed by atoms with E-state index in [0.717, 1.165) is 0 Å². The highest BCUT2D eigenvalue weighted by molar-refractivity contribution is 6.30. The lowest BCUT2D eigenvalue weighted by atomic mass is 10.0. The van der Waals surface area contributed by atoms with Crippen LogP contribution < -0.4 is 4.74 Å². The largest absolute Gasteiger partial charge is 0.476 e. The van der Waals surface area contributed by atoms with Crippen LogP contribution in [-0.4, -0.2) is 35.7 Å². The van der Waals surface area contributed by atoms with Crippen molar-refractivity contribution in [2.75, 3.05) is 13.2 Å². The van der Waals surface area contributed by atoms with E-state index in [2.05, 4.69) is 4.84 Å². The van der Waals surface area contributed by atoms with Crippen molar-refractivity contribution in [1.82, 2.24) is 0 Å². The van der Waals surface area contributed by atoms with Crippen molar-refractivity contribution in [3.05, 3.63) is 74.8 Å². The van der Waals surface area contributed by atoms with Crippen LogP contribution in [0.5, 0.6) is 5.75 Å². The standard InChI is InChI=1S/C20H20ClNO7/c1-20(2,19(24)27-12-3-13-28-22(25)26)29-17-10-6-15(7-11-17)18(23)14-4-8-16(21)9-5-14/h4-11H,3,12-13H2,1-2H3. The minimum Gasteiger partial charge on any atom is -0.476 e. The maximum absolute atomic E-state index is 12.5. The van der Waals surface area contributed by atoms with Gasteiger partial charge in [-0.3, -0.25) is 4.79 Å². The first kappa shape index (κ1) is 22.2. The van der Waals surface area contributed by atoms with Crippen LogP contribution in [0.3, 0.4) is 0 Å². The normalized spacial score (nSPS) is 10.9.